The number of carbonyl (C=O) groups is 2. The summed E-state index contributed by atoms with van der Waals surface area (Å²) in [5, 5.41) is 0. The molecule has 0 saturated carbocycles. The van der Waals surface area contributed by atoms with Crippen molar-refractivity contribution in [2.45, 2.75) is 18.6 Å². The maximum atomic E-state index is 13.7. The summed E-state index contributed by atoms with van der Waals surface area (Å²) in [6.07, 6.45) is 0.202. The van der Waals surface area contributed by atoms with Crippen LogP contribution in [0.2, 0.25) is 0 Å². The molecular weight excluding hydrogens is 270 g/mol. The lowest BCUT2D eigenvalue weighted by Crippen LogP contribution is -2.35. The molecule has 0 N–H and O–H groups in total. The van der Waals surface area contributed by atoms with Gasteiger partial charge in [-0.2, -0.15) is 0 Å². The minimum absolute atomic E-state index is 0.187. The molecule has 1 aromatic rings. The third-order valence-electron chi connectivity index (χ3n) is 3.69. The summed E-state index contributed by atoms with van der Waals surface area (Å²) in [4.78, 5) is 26.6. The minimum atomic E-state index is -0.934. The van der Waals surface area contributed by atoms with Crippen molar-refractivity contribution in [2.24, 2.45) is 0 Å². The van der Waals surface area contributed by atoms with Gasteiger partial charge in [0.2, 0.25) is 0 Å². The Morgan fingerprint density at radius 3 is 2.65 bits per heavy atom. The highest BCUT2D eigenvalue weighted by molar-refractivity contribution is 6.21. The van der Waals surface area contributed by atoms with E-state index in [9.17, 15) is 18.4 Å². The lowest BCUT2D eigenvalue weighted by atomic mass is 10.2. The average Bonchev–Trinajstić information content (AvgIpc) is 2.93. The first-order valence-electron chi connectivity index (χ1n) is 6.15. The number of imide groups is 1. The molecule has 2 aliphatic heterocycles. The Morgan fingerprint density at radius 1 is 1.30 bits per heavy atom. The number of hydrogen-bond acceptors (Lipinski definition) is 3. The molecule has 2 atom stereocenters. The third kappa shape index (κ3) is 1.77. The molecule has 2 fully saturated rings. The first-order chi connectivity index (χ1) is 9.52. The van der Waals surface area contributed by atoms with Crippen LogP contribution in [0.1, 0.15) is 6.42 Å². The summed E-state index contributed by atoms with van der Waals surface area (Å²) in [5.41, 5.74) is -0.218. The normalized spacial score (nSPS) is 25.6. The number of ether oxygens (including phenoxy) is 1. The van der Waals surface area contributed by atoms with E-state index in [4.69, 9.17) is 4.74 Å². The Balaban J connectivity index is 1.94. The van der Waals surface area contributed by atoms with Crippen molar-refractivity contribution >= 4 is 17.6 Å². The Morgan fingerprint density at radius 2 is 2.05 bits per heavy atom. The summed E-state index contributed by atoms with van der Waals surface area (Å²) in [5.74, 6) is -2.19. The zero-order valence-corrected chi connectivity index (χ0v) is 10.7. The number of carbonyl (C=O) groups excluding carboxylic acids is 2. The molecule has 5 nitrogen and oxygen atoms in total. The van der Waals surface area contributed by atoms with Gasteiger partial charge < -0.3 is 9.64 Å². The highest BCUT2D eigenvalue weighted by atomic mass is 19.1. The zero-order valence-electron chi connectivity index (χ0n) is 10.7. The Labute approximate surface area is 113 Å². The number of amides is 3. The van der Waals surface area contributed by atoms with E-state index in [0.717, 1.165) is 17.0 Å². The fourth-order valence-corrected chi connectivity index (χ4v) is 2.67. The van der Waals surface area contributed by atoms with Crippen molar-refractivity contribution < 1.29 is 23.1 Å². The van der Waals surface area contributed by atoms with Gasteiger partial charge >= 0.3 is 6.03 Å². The Bertz CT molecular complexity index is 569. The number of urea groups is 1. The number of hydrogen-bond donors (Lipinski definition) is 0. The van der Waals surface area contributed by atoms with Crippen LogP contribution in [0.25, 0.3) is 0 Å². The lowest BCUT2D eigenvalue weighted by Gasteiger charge is -2.17. The van der Waals surface area contributed by atoms with Crippen molar-refractivity contribution in [2.75, 3.05) is 18.6 Å². The van der Waals surface area contributed by atoms with E-state index in [1.807, 2.05) is 0 Å². The smallest absolute Gasteiger partial charge is 0.332 e. The first kappa shape index (κ1) is 13.0. The van der Waals surface area contributed by atoms with Crippen molar-refractivity contribution in [3.8, 4) is 0 Å². The maximum absolute atomic E-state index is 13.7. The number of nitrogens with zero attached hydrogens (tertiary/aromatic N) is 2. The van der Waals surface area contributed by atoms with Gasteiger partial charge in [0.1, 0.15) is 17.7 Å². The SMILES string of the molecule is COC1CC2C(=O)N(c3ccc(F)cc3F)C(=O)N2C1. The van der Waals surface area contributed by atoms with Crippen LogP contribution < -0.4 is 4.90 Å². The largest absolute Gasteiger partial charge is 0.380 e. The zero-order chi connectivity index (χ0) is 14.4. The summed E-state index contributed by atoms with van der Waals surface area (Å²) in [6, 6.07) is 1.54. The van der Waals surface area contributed by atoms with Gasteiger partial charge in [0.05, 0.1) is 11.8 Å². The molecule has 106 valence electrons. The van der Waals surface area contributed by atoms with Crippen molar-refractivity contribution in [3.05, 3.63) is 29.8 Å². The molecule has 2 aliphatic rings. The molecule has 1 aromatic carbocycles. The molecule has 0 aromatic heterocycles. The molecule has 3 amide bonds. The van der Waals surface area contributed by atoms with Crippen molar-refractivity contribution in [1.29, 1.82) is 0 Å². The molecule has 2 heterocycles. The number of halogens is 2. The van der Waals surface area contributed by atoms with E-state index in [-0.39, 0.29) is 11.8 Å². The molecule has 7 heteroatoms. The molecule has 3 rings (SSSR count). The quantitative estimate of drug-likeness (QED) is 0.773. The first-order valence-corrected chi connectivity index (χ1v) is 6.15. The highest BCUT2D eigenvalue weighted by Crippen LogP contribution is 2.33. The van der Waals surface area contributed by atoms with Crippen LogP contribution in [0.5, 0.6) is 0 Å². The number of methoxy groups -OCH3 is 1. The number of benzene rings is 1. The van der Waals surface area contributed by atoms with Crippen LogP contribution in [0.3, 0.4) is 0 Å². The van der Waals surface area contributed by atoms with E-state index in [1.54, 1.807) is 0 Å². The summed E-state index contributed by atoms with van der Waals surface area (Å²) in [6.45, 7) is 0.297. The number of rotatable bonds is 2. The maximum Gasteiger partial charge on any atom is 0.332 e. The highest BCUT2D eigenvalue weighted by Gasteiger charge is 2.51. The van der Waals surface area contributed by atoms with Gasteiger partial charge in [-0.05, 0) is 12.1 Å². The van der Waals surface area contributed by atoms with Gasteiger partial charge in [-0.15, -0.1) is 0 Å². The van der Waals surface area contributed by atoms with Crippen LogP contribution in [-0.2, 0) is 9.53 Å². The van der Waals surface area contributed by atoms with E-state index in [0.29, 0.717) is 19.0 Å². The van der Waals surface area contributed by atoms with Crippen LogP contribution >= 0.6 is 0 Å². The molecular formula is C13H12F2N2O3. The Kier molecular flexibility index (Phi) is 2.93. The van der Waals surface area contributed by atoms with Crippen LogP contribution in [-0.4, -0.2) is 42.6 Å². The molecule has 0 aliphatic carbocycles. The second-order valence-electron chi connectivity index (χ2n) is 4.81. The van der Waals surface area contributed by atoms with Crippen molar-refractivity contribution in [1.82, 2.24) is 4.90 Å². The van der Waals surface area contributed by atoms with Gasteiger partial charge in [0, 0.05) is 26.1 Å². The summed E-state index contributed by atoms with van der Waals surface area (Å²) < 4.78 is 31.8. The van der Waals surface area contributed by atoms with E-state index in [2.05, 4.69) is 0 Å². The third-order valence-corrected chi connectivity index (χ3v) is 3.69. The van der Waals surface area contributed by atoms with Gasteiger partial charge in [-0.1, -0.05) is 0 Å². The lowest BCUT2D eigenvalue weighted by molar-refractivity contribution is -0.119. The minimum Gasteiger partial charge on any atom is -0.380 e. The van der Waals surface area contributed by atoms with E-state index in [1.165, 1.54) is 12.0 Å². The summed E-state index contributed by atoms with van der Waals surface area (Å²) in [7, 11) is 1.51. The Hall–Kier alpha value is -2.02. The average molecular weight is 282 g/mol. The standard InChI is InChI=1S/C13H12F2N2O3/c1-20-8-5-11-12(18)17(13(19)16(11)6-8)10-3-2-7(14)4-9(10)15/h2-4,8,11H,5-6H2,1H3. The second-order valence-corrected chi connectivity index (χ2v) is 4.81. The molecule has 2 unspecified atom stereocenters. The van der Waals surface area contributed by atoms with Gasteiger partial charge in [0.25, 0.3) is 5.91 Å². The predicted octanol–water partition coefficient (Wildman–Crippen LogP) is 1.52. The van der Waals surface area contributed by atoms with E-state index < -0.39 is 29.6 Å². The van der Waals surface area contributed by atoms with Crippen LogP contribution in [0.15, 0.2) is 18.2 Å². The van der Waals surface area contributed by atoms with Crippen LogP contribution in [0, 0.1) is 11.6 Å². The molecule has 0 spiro atoms. The van der Waals surface area contributed by atoms with Gasteiger partial charge in [-0.3, -0.25) is 4.79 Å². The van der Waals surface area contributed by atoms with Gasteiger partial charge in [-0.25, -0.2) is 18.5 Å². The second kappa shape index (κ2) is 4.52. The van der Waals surface area contributed by atoms with E-state index >= 15 is 0 Å². The summed E-state index contributed by atoms with van der Waals surface area (Å²) >= 11 is 0. The monoisotopic (exact) mass is 282 g/mol. The van der Waals surface area contributed by atoms with Gasteiger partial charge in [0.15, 0.2) is 0 Å². The van der Waals surface area contributed by atoms with Crippen LogP contribution in [0.4, 0.5) is 19.3 Å². The predicted molar refractivity (Wildman–Crippen MR) is 65.1 cm³/mol. The number of anilines is 1. The topological polar surface area (TPSA) is 49.9 Å². The molecule has 20 heavy (non-hydrogen) atoms. The molecule has 0 bridgehead atoms. The number of fused-ring (bicyclic) bond motifs is 1. The fourth-order valence-electron chi connectivity index (χ4n) is 2.67. The molecule has 0 radical (unpaired) electrons. The fraction of sp³-hybridized carbons (Fsp3) is 0.385. The van der Waals surface area contributed by atoms with Crippen molar-refractivity contribution in [3.63, 3.8) is 0 Å². The molecule has 2 saturated heterocycles.